The molecule has 0 fully saturated rings. The van der Waals surface area contributed by atoms with Gasteiger partial charge >= 0.3 is 0 Å². The summed E-state index contributed by atoms with van der Waals surface area (Å²) in [6.45, 7) is 1.50. The lowest BCUT2D eigenvalue weighted by atomic mass is 10.3. The quantitative estimate of drug-likeness (QED) is 0.545. The highest BCUT2D eigenvalue weighted by molar-refractivity contribution is 5.83. The number of amides is 1. The van der Waals surface area contributed by atoms with Crippen LogP contribution in [-0.4, -0.2) is 33.2 Å². The minimum absolute atomic E-state index is 0.00457. The van der Waals surface area contributed by atoms with Crippen molar-refractivity contribution in [2.45, 2.75) is 13.0 Å². The number of nitrogens with one attached hydrogen (secondary N) is 1. The molecule has 1 heterocycles. The number of hydrogen-bond acceptors (Lipinski definition) is 5. The number of carbonyl (C=O) groups is 1. The lowest BCUT2D eigenvalue weighted by Gasteiger charge is -2.13. The summed E-state index contributed by atoms with van der Waals surface area (Å²) in [4.78, 5) is 13.4. The van der Waals surface area contributed by atoms with Gasteiger partial charge < -0.3 is 4.74 Å². The van der Waals surface area contributed by atoms with E-state index in [9.17, 15) is 9.18 Å². The number of benzene rings is 2. The Bertz CT molecular complexity index is 911. The fourth-order valence-electron chi connectivity index (χ4n) is 2.06. The molecule has 1 N–H and O–H groups in total. The van der Waals surface area contributed by atoms with E-state index >= 15 is 0 Å². The summed E-state index contributed by atoms with van der Waals surface area (Å²) in [5, 5.41) is 12.2. The fraction of sp³-hybridized carbons (Fsp3) is 0.111. The van der Waals surface area contributed by atoms with Crippen molar-refractivity contribution < 1.29 is 13.9 Å². The van der Waals surface area contributed by atoms with Crippen LogP contribution in [0.2, 0.25) is 0 Å². The molecule has 0 aliphatic rings. The Morgan fingerprint density at radius 2 is 1.96 bits per heavy atom. The summed E-state index contributed by atoms with van der Waals surface area (Å²) in [5.74, 6) is -1.04. The van der Waals surface area contributed by atoms with E-state index in [-0.39, 0.29) is 5.75 Å². The number of halogens is 1. The molecule has 0 bridgehead atoms. The molecule has 3 rings (SSSR count). The molecule has 1 atom stereocenters. The van der Waals surface area contributed by atoms with E-state index in [1.54, 1.807) is 12.1 Å². The average Bonchev–Trinajstić information content (AvgIpc) is 3.13. The van der Waals surface area contributed by atoms with Crippen molar-refractivity contribution in [3.05, 3.63) is 72.3 Å². The van der Waals surface area contributed by atoms with Crippen LogP contribution >= 0.6 is 0 Å². The van der Waals surface area contributed by atoms with Gasteiger partial charge in [-0.1, -0.05) is 30.3 Å². The largest absolute Gasteiger partial charge is 0.478 e. The number of para-hydroxylation sites is 2. The first-order chi connectivity index (χ1) is 12.6. The van der Waals surface area contributed by atoms with Crippen molar-refractivity contribution in [1.29, 1.82) is 0 Å². The molecule has 132 valence electrons. The summed E-state index contributed by atoms with van der Waals surface area (Å²) in [5.41, 5.74) is 3.60. The maximum Gasteiger partial charge on any atom is 0.280 e. The van der Waals surface area contributed by atoms with Gasteiger partial charge in [0.2, 0.25) is 0 Å². The number of hydrazone groups is 1. The number of carbonyl (C=O) groups excluding carboxylic acids is 1. The lowest BCUT2D eigenvalue weighted by Crippen LogP contribution is -2.33. The third-order valence-corrected chi connectivity index (χ3v) is 3.38. The van der Waals surface area contributed by atoms with Crippen LogP contribution in [0.25, 0.3) is 5.69 Å². The fourth-order valence-corrected chi connectivity index (χ4v) is 2.06. The highest BCUT2D eigenvalue weighted by Crippen LogP contribution is 2.16. The average molecular weight is 353 g/mol. The highest BCUT2D eigenvalue weighted by atomic mass is 19.1. The van der Waals surface area contributed by atoms with Gasteiger partial charge in [0.15, 0.2) is 17.7 Å². The van der Waals surface area contributed by atoms with Gasteiger partial charge in [-0.3, -0.25) is 4.79 Å². The molecular formula is C18H16FN5O2. The molecular weight excluding hydrogens is 337 g/mol. The van der Waals surface area contributed by atoms with Crippen molar-refractivity contribution in [2.24, 2.45) is 5.10 Å². The number of aromatic nitrogens is 3. The van der Waals surface area contributed by atoms with Gasteiger partial charge in [0.05, 0.1) is 18.1 Å². The van der Waals surface area contributed by atoms with Gasteiger partial charge in [0.25, 0.3) is 5.91 Å². The van der Waals surface area contributed by atoms with E-state index in [0.717, 1.165) is 5.69 Å². The Labute approximate surface area is 149 Å². The molecule has 1 amide bonds. The summed E-state index contributed by atoms with van der Waals surface area (Å²) < 4.78 is 18.8. The Morgan fingerprint density at radius 3 is 2.73 bits per heavy atom. The van der Waals surface area contributed by atoms with Gasteiger partial charge in [0, 0.05) is 0 Å². The van der Waals surface area contributed by atoms with E-state index in [1.165, 1.54) is 36.3 Å². The maximum atomic E-state index is 13.5. The van der Waals surface area contributed by atoms with E-state index < -0.39 is 17.8 Å². The molecule has 1 aromatic heterocycles. The molecule has 0 aliphatic carbocycles. The smallest absolute Gasteiger partial charge is 0.280 e. The maximum absolute atomic E-state index is 13.5. The predicted octanol–water partition coefficient (Wildman–Crippen LogP) is 2.32. The predicted molar refractivity (Wildman–Crippen MR) is 93.6 cm³/mol. The van der Waals surface area contributed by atoms with Crippen molar-refractivity contribution in [2.75, 3.05) is 0 Å². The van der Waals surface area contributed by atoms with E-state index in [1.807, 2.05) is 30.3 Å². The second kappa shape index (κ2) is 8.02. The van der Waals surface area contributed by atoms with E-state index in [4.69, 9.17) is 4.74 Å². The molecule has 0 spiro atoms. The Hall–Kier alpha value is -3.55. The van der Waals surface area contributed by atoms with E-state index in [2.05, 4.69) is 20.7 Å². The first kappa shape index (κ1) is 17.3. The third-order valence-electron chi connectivity index (χ3n) is 3.38. The minimum Gasteiger partial charge on any atom is -0.478 e. The molecule has 26 heavy (non-hydrogen) atoms. The molecule has 3 aromatic rings. The molecule has 8 heteroatoms. The topological polar surface area (TPSA) is 81.4 Å². The molecule has 7 nitrogen and oxygen atoms in total. The molecule has 0 saturated heterocycles. The molecule has 0 saturated carbocycles. The normalized spacial score (nSPS) is 12.1. The zero-order valence-corrected chi connectivity index (χ0v) is 13.9. The second-order valence-electron chi connectivity index (χ2n) is 5.32. The van der Waals surface area contributed by atoms with Crippen molar-refractivity contribution >= 4 is 12.1 Å². The van der Waals surface area contributed by atoms with Crippen LogP contribution in [0.5, 0.6) is 5.75 Å². The van der Waals surface area contributed by atoms with Crippen LogP contribution in [0.15, 0.2) is 65.9 Å². The van der Waals surface area contributed by atoms with Crippen LogP contribution in [0.3, 0.4) is 0 Å². The number of nitrogens with zero attached hydrogens (tertiary/aromatic N) is 4. The molecule has 1 unspecified atom stereocenters. The zero-order chi connectivity index (χ0) is 18.4. The highest BCUT2D eigenvalue weighted by Gasteiger charge is 2.15. The van der Waals surface area contributed by atoms with Crippen molar-refractivity contribution in [3.8, 4) is 11.4 Å². The Morgan fingerprint density at radius 1 is 1.23 bits per heavy atom. The monoisotopic (exact) mass is 353 g/mol. The van der Waals surface area contributed by atoms with Crippen LogP contribution < -0.4 is 10.2 Å². The first-order valence-electron chi connectivity index (χ1n) is 7.85. The summed E-state index contributed by atoms with van der Waals surface area (Å²) in [6, 6.07) is 15.3. The third kappa shape index (κ3) is 4.29. The van der Waals surface area contributed by atoms with Crippen molar-refractivity contribution in [1.82, 2.24) is 20.4 Å². The summed E-state index contributed by atoms with van der Waals surface area (Å²) >= 11 is 0. The van der Waals surface area contributed by atoms with Gasteiger partial charge in [-0.05, 0) is 31.2 Å². The van der Waals surface area contributed by atoms with Crippen LogP contribution in [-0.2, 0) is 4.79 Å². The Kier molecular flexibility index (Phi) is 5.33. The number of hydrogen-bond donors (Lipinski definition) is 1. The minimum atomic E-state index is -0.913. The Balaban J connectivity index is 1.56. The SMILES string of the molecule is CC(Oc1ccccc1F)C(=O)N/N=C\c1cnn(-c2ccccc2)n1. The number of ether oxygens (including phenoxy) is 1. The van der Waals surface area contributed by atoms with Gasteiger partial charge in [-0.25, -0.2) is 9.82 Å². The molecule has 0 aliphatic heterocycles. The van der Waals surface area contributed by atoms with Gasteiger partial charge in [0.1, 0.15) is 5.69 Å². The second-order valence-corrected chi connectivity index (χ2v) is 5.32. The first-order valence-corrected chi connectivity index (χ1v) is 7.85. The van der Waals surface area contributed by atoms with E-state index in [0.29, 0.717) is 5.69 Å². The standard InChI is InChI=1S/C18H16FN5O2/c1-13(26-17-10-6-5-9-16(17)19)18(25)22-20-11-14-12-21-24(23-14)15-7-3-2-4-8-15/h2-13H,1H3,(H,22,25)/b20-11-. The summed E-state index contributed by atoms with van der Waals surface area (Å²) in [6.07, 6.45) is 1.96. The number of rotatable bonds is 6. The van der Waals surface area contributed by atoms with Crippen LogP contribution in [0.4, 0.5) is 4.39 Å². The molecule has 2 aromatic carbocycles. The van der Waals surface area contributed by atoms with Gasteiger partial charge in [-0.15, -0.1) is 5.10 Å². The van der Waals surface area contributed by atoms with Gasteiger partial charge in [-0.2, -0.15) is 15.0 Å². The molecule has 0 radical (unpaired) electrons. The zero-order valence-electron chi connectivity index (χ0n) is 13.9. The lowest BCUT2D eigenvalue weighted by molar-refractivity contribution is -0.127. The van der Waals surface area contributed by atoms with Crippen LogP contribution in [0.1, 0.15) is 12.6 Å². The summed E-state index contributed by atoms with van der Waals surface area (Å²) in [7, 11) is 0. The van der Waals surface area contributed by atoms with Crippen molar-refractivity contribution in [3.63, 3.8) is 0 Å². The van der Waals surface area contributed by atoms with Crippen LogP contribution in [0, 0.1) is 5.82 Å².